The molecule has 0 aromatic carbocycles. The zero-order chi connectivity index (χ0) is 24.2. The van der Waals surface area contributed by atoms with Crippen molar-refractivity contribution in [3.05, 3.63) is 12.2 Å². The number of rotatable bonds is 19. The van der Waals surface area contributed by atoms with Crippen LogP contribution in [0.2, 0.25) is 0 Å². The number of nitrogens with one attached hydrogen (secondary N) is 1. The first-order valence-corrected chi connectivity index (χ1v) is 11.4. The maximum atomic E-state index is 12.1. The van der Waals surface area contributed by atoms with Gasteiger partial charge >= 0.3 is 18.0 Å². The van der Waals surface area contributed by atoms with Gasteiger partial charge in [0.15, 0.2) is 5.60 Å². The summed E-state index contributed by atoms with van der Waals surface area (Å²) in [6.45, 7) is 9.97. The number of ether oxygens (including phenoxy) is 4. The van der Waals surface area contributed by atoms with E-state index < -0.39 is 17.7 Å². The smallest absolute Gasteiger partial charge is 0.407 e. The quantitative estimate of drug-likeness (QED) is 0.131. The molecule has 0 fully saturated rings. The molecule has 0 atom stereocenters. The number of hydrogen-bond donors (Lipinski definition) is 2. The Morgan fingerprint density at radius 1 is 0.812 bits per heavy atom. The van der Waals surface area contributed by atoms with Crippen molar-refractivity contribution in [2.75, 3.05) is 39.6 Å². The van der Waals surface area contributed by atoms with Crippen molar-refractivity contribution >= 4 is 18.0 Å². The van der Waals surface area contributed by atoms with Gasteiger partial charge in [-0.2, -0.15) is 0 Å². The van der Waals surface area contributed by atoms with E-state index >= 15 is 0 Å². The Morgan fingerprint density at radius 2 is 1.38 bits per heavy atom. The summed E-state index contributed by atoms with van der Waals surface area (Å²) in [5, 5.41) is 11.2. The van der Waals surface area contributed by atoms with E-state index in [0.29, 0.717) is 25.4 Å². The number of hydrogen-bond acceptors (Lipinski definition) is 8. The van der Waals surface area contributed by atoms with Crippen LogP contribution in [0.3, 0.4) is 0 Å². The number of esters is 2. The maximum absolute atomic E-state index is 12.1. The number of aliphatic hydroxyl groups excluding tert-OH is 1. The van der Waals surface area contributed by atoms with Crippen LogP contribution in [0.25, 0.3) is 0 Å². The van der Waals surface area contributed by atoms with Crippen LogP contribution in [-0.2, 0) is 28.5 Å². The molecule has 0 aromatic heterocycles. The average molecular weight is 460 g/mol. The zero-order valence-corrected chi connectivity index (χ0v) is 19.9. The van der Waals surface area contributed by atoms with E-state index in [1.165, 1.54) is 0 Å². The molecule has 0 unspecified atom stereocenters. The van der Waals surface area contributed by atoms with Crippen LogP contribution in [0, 0.1) is 0 Å². The number of alkyl carbamates (subject to hydrolysis) is 1. The molecule has 0 rings (SSSR count). The normalized spacial score (nSPS) is 11.0. The summed E-state index contributed by atoms with van der Waals surface area (Å²) >= 11 is 0. The van der Waals surface area contributed by atoms with Crippen molar-refractivity contribution in [2.45, 2.75) is 77.7 Å². The molecule has 9 nitrogen and oxygen atoms in total. The number of unbranched alkanes of at least 4 members (excludes halogenated alkanes) is 6. The third-order valence-corrected chi connectivity index (χ3v) is 4.46. The maximum Gasteiger partial charge on any atom is 0.407 e. The topological polar surface area (TPSA) is 120 Å². The van der Waals surface area contributed by atoms with Gasteiger partial charge < -0.3 is 29.4 Å². The highest BCUT2D eigenvalue weighted by atomic mass is 16.6. The molecule has 0 saturated carbocycles. The molecular weight excluding hydrogens is 418 g/mol. The third-order valence-electron chi connectivity index (χ3n) is 4.46. The van der Waals surface area contributed by atoms with Gasteiger partial charge in [0.2, 0.25) is 0 Å². The molecule has 0 heterocycles. The molecule has 0 aliphatic rings. The lowest BCUT2D eigenvalue weighted by Gasteiger charge is -2.23. The monoisotopic (exact) mass is 459 g/mol. The molecule has 2 N–H and O–H groups in total. The number of amides is 1. The second kappa shape index (κ2) is 18.4. The Kier molecular flexibility index (Phi) is 17.2. The molecule has 186 valence electrons. The molecule has 0 aliphatic heterocycles. The first-order chi connectivity index (χ1) is 15.2. The van der Waals surface area contributed by atoms with Gasteiger partial charge in [-0.1, -0.05) is 19.4 Å². The van der Waals surface area contributed by atoms with Crippen LogP contribution in [0.5, 0.6) is 0 Å². The van der Waals surface area contributed by atoms with Gasteiger partial charge in [0.05, 0.1) is 19.8 Å². The molecule has 0 saturated heterocycles. The minimum atomic E-state index is -0.981. The Balaban J connectivity index is 3.62. The van der Waals surface area contributed by atoms with Gasteiger partial charge in [0.1, 0.15) is 6.61 Å². The number of aliphatic hydroxyl groups is 1. The van der Waals surface area contributed by atoms with Crippen molar-refractivity contribution < 1.29 is 38.4 Å². The predicted molar refractivity (Wildman–Crippen MR) is 120 cm³/mol. The molecule has 0 spiro atoms. The van der Waals surface area contributed by atoms with Crippen molar-refractivity contribution in [3.63, 3.8) is 0 Å². The van der Waals surface area contributed by atoms with Gasteiger partial charge in [0, 0.05) is 18.8 Å². The molecule has 9 heteroatoms. The highest BCUT2D eigenvalue weighted by Crippen LogP contribution is 2.14. The minimum Gasteiger partial charge on any atom is -0.464 e. The Morgan fingerprint density at radius 3 is 1.97 bits per heavy atom. The summed E-state index contributed by atoms with van der Waals surface area (Å²) < 4.78 is 20.8. The van der Waals surface area contributed by atoms with Crippen LogP contribution in [0.15, 0.2) is 12.2 Å². The summed E-state index contributed by atoms with van der Waals surface area (Å²) in [6, 6.07) is 0. The third kappa shape index (κ3) is 16.5. The van der Waals surface area contributed by atoms with Crippen molar-refractivity contribution in [1.29, 1.82) is 0 Å². The molecule has 0 bridgehead atoms. The van der Waals surface area contributed by atoms with Crippen molar-refractivity contribution in [1.82, 2.24) is 5.32 Å². The average Bonchev–Trinajstić information content (AvgIpc) is 2.74. The summed E-state index contributed by atoms with van der Waals surface area (Å²) in [7, 11) is 0. The zero-order valence-electron chi connectivity index (χ0n) is 19.9. The fourth-order valence-electron chi connectivity index (χ4n) is 2.49. The highest BCUT2D eigenvalue weighted by Gasteiger charge is 2.30. The number of carbonyl (C=O) groups excluding carboxylic acids is 3. The second-order valence-corrected chi connectivity index (χ2v) is 8.03. The van der Waals surface area contributed by atoms with Crippen LogP contribution in [0.1, 0.15) is 72.1 Å². The van der Waals surface area contributed by atoms with Gasteiger partial charge in [-0.05, 0) is 59.3 Å². The van der Waals surface area contributed by atoms with Crippen LogP contribution >= 0.6 is 0 Å². The summed E-state index contributed by atoms with van der Waals surface area (Å²) in [5.74, 6) is -0.858. The molecule has 0 radical (unpaired) electrons. The van der Waals surface area contributed by atoms with E-state index in [9.17, 15) is 14.4 Å². The lowest BCUT2D eigenvalue weighted by molar-refractivity contribution is -0.168. The molecule has 32 heavy (non-hydrogen) atoms. The highest BCUT2D eigenvalue weighted by molar-refractivity contribution is 5.86. The van der Waals surface area contributed by atoms with E-state index in [1.54, 1.807) is 20.8 Å². The Hall–Kier alpha value is -2.13. The lowest BCUT2D eigenvalue weighted by Crippen LogP contribution is -2.37. The van der Waals surface area contributed by atoms with Gasteiger partial charge in [0.25, 0.3) is 0 Å². The van der Waals surface area contributed by atoms with Crippen LogP contribution in [-0.4, -0.2) is 68.3 Å². The summed E-state index contributed by atoms with van der Waals surface area (Å²) in [4.78, 5) is 34.8. The largest absolute Gasteiger partial charge is 0.464 e. The fourth-order valence-corrected chi connectivity index (χ4v) is 2.49. The summed E-state index contributed by atoms with van der Waals surface area (Å²) in [5.41, 5.74) is -0.673. The summed E-state index contributed by atoms with van der Waals surface area (Å²) in [6.07, 6.45) is 6.12. The predicted octanol–water partition coefficient (Wildman–Crippen LogP) is 3.28. The fraction of sp³-hybridized carbons (Fsp3) is 0.783. The van der Waals surface area contributed by atoms with Gasteiger partial charge in [-0.15, -0.1) is 0 Å². The first kappa shape index (κ1) is 29.9. The molecule has 1 amide bonds. The van der Waals surface area contributed by atoms with Gasteiger partial charge in [-0.3, -0.25) is 0 Å². The minimum absolute atomic E-state index is 0.0648. The molecule has 0 aliphatic carbocycles. The first-order valence-electron chi connectivity index (χ1n) is 11.4. The van der Waals surface area contributed by atoms with E-state index in [0.717, 1.165) is 51.4 Å². The van der Waals surface area contributed by atoms with Crippen molar-refractivity contribution in [2.24, 2.45) is 0 Å². The van der Waals surface area contributed by atoms with E-state index in [1.807, 2.05) is 0 Å². The number of carbonyl (C=O) groups is 3. The molecule has 0 aromatic rings. The Bertz CT molecular complexity index is 562. The van der Waals surface area contributed by atoms with Crippen LogP contribution < -0.4 is 5.32 Å². The van der Waals surface area contributed by atoms with Crippen LogP contribution in [0.4, 0.5) is 4.79 Å². The second-order valence-electron chi connectivity index (χ2n) is 8.03. The Labute approximate surface area is 191 Å². The lowest BCUT2D eigenvalue weighted by atomic mass is 10.1. The van der Waals surface area contributed by atoms with Gasteiger partial charge in [-0.25, -0.2) is 14.4 Å². The van der Waals surface area contributed by atoms with E-state index in [2.05, 4.69) is 11.9 Å². The van der Waals surface area contributed by atoms with E-state index in [4.69, 9.17) is 24.1 Å². The van der Waals surface area contributed by atoms with E-state index in [-0.39, 0.29) is 25.7 Å². The molecular formula is C23H41NO8. The van der Waals surface area contributed by atoms with Crippen molar-refractivity contribution in [3.8, 4) is 0 Å². The standard InChI is InChI=1S/C23H41NO8/c1-19(2)20(26)29-18-13-24-22(28)31-16-11-7-8-12-17-32-23(3,4)21(27)30-15-10-6-5-9-14-25/h25H,1,5-18H2,2-4H3,(H,24,28). The SMILES string of the molecule is C=C(C)C(=O)OCCNC(=O)OCCCCCCOC(C)(C)C(=O)OCCCCCCO.